The maximum Gasteiger partial charge on any atom is 0.145 e. The number of phenols is 1. The third kappa shape index (κ3) is 3.33. The van der Waals surface area contributed by atoms with E-state index in [2.05, 4.69) is 15.0 Å². The van der Waals surface area contributed by atoms with Crippen LogP contribution < -0.4 is 0 Å². The predicted molar refractivity (Wildman–Crippen MR) is 111 cm³/mol. The van der Waals surface area contributed by atoms with Crippen LogP contribution in [0.25, 0.3) is 20.8 Å². The summed E-state index contributed by atoms with van der Waals surface area (Å²) in [7, 11) is 0. The van der Waals surface area contributed by atoms with Gasteiger partial charge in [-0.1, -0.05) is 12.1 Å². The van der Waals surface area contributed by atoms with E-state index >= 15 is 0 Å². The van der Waals surface area contributed by atoms with Crippen molar-refractivity contribution in [1.29, 1.82) is 0 Å². The molecule has 7 heteroatoms. The first-order valence-electron chi connectivity index (χ1n) is 8.58. The Balaban J connectivity index is 1.74. The normalized spacial score (nSPS) is 11.5. The molecule has 2 aromatic heterocycles. The van der Waals surface area contributed by atoms with Gasteiger partial charge in [0.05, 0.1) is 33.8 Å². The number of aliphatic imine (C=N–C) groups is 1. The first-order chi connectivity index (χ1) is 13.6. The number of pyridine rings is 1. The fourth-order valence-electron chi connectivity index (χ4n) is 2.82. The van der Waals surface area contributed by atoms with Crippen LogP contribution >= 0.6 is 11.3 Å². The van der Waals surface area contributed by atoms with Gasteiger partial charge in [0.25, 0.3) is 0 Å². The van der Waals surface area contributed by atoms with E-state index < -0.39 is 0 Å². The highest BCUT2D eigenvalue weighted by atomic mass is 32.1. The molecule has 4 rings (SSSR count). The average Bonchev–Trinajstić information content (AvgIpc) is 3.14. The molecule has 0 unspecified atom stereocenters. The van der Waals surface area contributed by atoms with Crippen LogP contribution in [0.15, 0.2) is 53.7 Å². The van der Waals surface area contributed by atoms with Crippen LogP contribution in [0, 0.1) is 6.92 Å². The molecule has 2 aromatic carbocycles. The summed E-state index contributed by atoms with van der Waals surface area (Å²) in [6.45, 7) is 1.42. The van der Waals surface area contributed by atoms with E-state index in [1.165, 1.54) is 23.7 Å². The van der Waals surface area contributed by atoms with Gasteiger partial charge in [0.2, 0.25) is 0 Å². The zero-order chi connectivity index (χ0) is 19.7. The average molecular weight is 391 g/mol. The molecule has 0 atom stereocenters. The molecule has 140 valence electrons. The van der Waals surface area contributed by atoms with Gasteiger partial charge in [0.15, 0.2) is 0 Å². The van der Waals surface area contributed by atoms with E-state index in [-0.39, 0.29) is 18.1 Å². The lowest BCUT2D eigenvalue weighted by Crippen LogP contribution is -1.97. The van der Waals surface area contributed by atoms with E-state index in [9.17, 15) is 15.3 Å². The van der Waals surface area contributed by atoms with E-state index in [4.69, 9.17) is 0 Å². The zero-order valence-electron chi connectivity index (χ0n) is 15.0. The summed E-state index contributed by atoms with van der Waals surface area (Å²) in [5.74, 6) is 0.108. The van der Waals surface area contributed by atoms with Gasteiger partial charge in [0.1, 0.15) is 16.5 Å². The van der Waals surface area contributed by atoms with Gasteiger partial charge in [-0.25, -0.2) is 4.98 Å². The number of thiazole rings is 1. The molecule has 2 heterocycles. The maximum atomic E-state index is 10.3. The molecule has 0 bridgehead atoms. The smallest absolute Gasteiger partial charge is 0.145 e. The summed E-state index contributed by atoms with van der Waals surface area (Å²) in [5, 5.41) is 30.7. The van der Waals surface area contributed by atoms with Gasteiger partial charge < -0.3 is 15.3 Å². The van der Waals surface area contributed by atoms with Crippen LogP contribution in [0.4, 0.5) is 5.69 Å². The van der Waals surface area contributed by atoms with Crippen molar-refractivity contribution in [3.05, 3.63) is 65.5 Å². The number of aromatic nitrogens is 2. The summed E-state index contributed by atoms with van der Waals surface area (Å²) in [6.07, 6.45) is 3.00. The number of aromatic hydroxyl groups is 2. The Morgan fingerprint density at radius 1 is 1.14 bits per heavy atom. The highest BCUT2D eigenvalue weighted by Gasteiger charge is 2.12. The Morgan fingerprint density at radius 3 is 2.75 bits per heavy atom. The topological polar surface area (TPSA) is 98.8 Å². The molecule has 0 aliphatic carbocycles. The molecule has 0 spiro atoms. The predicted octanol–water partition coefficient (Wildman–Crippen LogP) is 4.32. The summed E-state index contributed by atoms with van der Waals surface area (Å²) in [4.78, 5) is 13.0. The number of aliphatic hydroxyl groups is 1. The van der Waals surface area contributed by atoms with Crippen LogP contribution in [0.1, 0.15) is 16.8 Å². The molecule has 6 nitrogen and oxygen atoms in total. The van der Waals surface area contributed by atoms with E-state index in [1.807, 2.05) is 24.3 Å². The summed E-state index contributed by atoms with van der Waals surface area (Å²) < 4.78 is 1.04. The number of nitrogens with zero attached hydrogens (tertiary/aromatic N) is 3. The largest absolute Gasteiger partial charge is 0.507 e. The molecule has 0 radical (unpaired) electrons. The number of aliphatic hydroxyl groups excluding tert-OH is 1. The van der Waals surface area contributed by atoms with Crippen molar-refractivity contribution >= 4 is 33.5 Å². The first kappa shape index (κ1) is 18.1. The summed E-state index contributed by atoms with van der Waals surface area (Å²) in [5.41, 5.74) is 3.42. The lowest BCUT2D eigenvalue weighted by molar-refractivity contribution is 0.280. The molecule has 0 saturated carbocycles. The second-order valence-electron chi connectivity index (χ2n) is 6.24. The van der Waals surface area contributed by atoms with Crippen molar-refractivity contribution in [2.45, 2.75) is 13.5 Å². The Kier molecular flexibility index (Phi) is 4.77. The van der Waals surface area contributed by atoms with Crippen LogP contribution in [0.2, 0.25) is 0 Å². The Hall–Kier alpha value is -3.29. The number of hydrogen-bond donors (Lipinski definition) is 3. The molecular formula is C21H17N3O3S. The maximum absolute atomic E-state index is 10.3. The van der Waals surface area contributed by atoms with E-state index in [0.717, 1.165) is 10.2 Å². The number of benzene rings is 2. The quantitative estimate of drug-likeness (QED) is 0.450. The van der Waals surface area contributed by atoms with Crippen molar-refractivity contribution in [3.8, 4) is 22.1 Å². The molecule has 0 aliphatic heterocycles. The van der Waals surface area contributed by atoms with Gasteiger partial charge in [-0.3, -0.25) is 9.98 Å². The first-order valence-corrected chi connectivity index (χ1v) is 9.40. The number of hydrogen-bond acceptors (Lipinski definition) is 7. The lowest BCUT2D eigenvalue weighted by atomic mass is 10.1. The van der Waals surface area contributed by atoms with Gasteiger partial charge in [-0.2, -0.15) is 0 Å². The third-order valence-corrected chi connectivity index (χ3v) is 5.44. The standard InChI is InChI=1S/C21H17N3O3S/c1-12-20(27)16(13(11-25)9-22-12)10-23-14-6-7-18(26)15(8-14)21-24-17-4-2-3-5-19(17)28-21/h2-10,25-27H,11H2,1H3. The SMILES string of the molecule is Cc1ncc(CO)c(C=Nc2ccc(O)c(-c3nc4ccccc4s3)c2)c1O. The van der Waals surface area contributed by atoms with Crippen LogP contribution in [0.3, 0.4) is 0 Å². The zero-order valence-corrected chi connectivity index (χ0v) is 15.8. The molecule has 4 aromatic rings. The second-order valence-corrected chi connectivity index (χ2v) is 7.27. The van der Waals surface area contributed by atoms with Gasteiger partial charge in [0, 0.05) is 23.5 Å². The minimum atomic E-state index is -0.255. The van der Waals surface area contributed by atoms with Crippen LogP contribution in [-0.2, 0) is 6.61 Å². The van der Waals surface area contributed by atoms with Crippen LogP contribution in [0.5, 0.6) is 11.5 Å². The second kappa shape index (κ2) is 7.38. The van der Waals surface area contributed by atoms with Crippen molar-refractivity contribution in [2.75, 3.05) is 0 Å². The fraction of sp³-hybridized carbons (Fsp3) is 0.0952. The highest BCUT2D eigenvalue weighted by Crippen LogP contribution is 2.37. The number of fused-ring (bicyclic) bond motifs is 1. The minimum absolute atomic E-state index is 0.0134. The van der Waals surface area contributed by atoms with Gasteiger partial charge in [-0.15, -0.1) is 11.3 Å². The number of para-hydroxylation sites is 1. The fourth-order valence-corrected chi connectivity index (χ4v) is 3.82. The Morgan fingerprint density at radius 2 is 1.96 bits per heavy atom. The minimum Gasteiger partial charge on any atom is -0.507 e. The lowest BCUT2D eigenvalue weighted by Gasteiger charge is -2.07. The van der Waals surface area contributed by atoms with Gasteiger partial charge in [-0.05, 0) is 37.3 Å². The molecule has 0 aliphatic rings. The number of phenolic OH excluding ortho intramolecular Hbond substituents is 1. The van der Waals surface area contributed by atoms with Gasteiger partial charge >= 0.3 is 0 Å². The number of rotatable bonds is 4. The number of aryl methyl sites for hydroxylation is 1. The van der Waals surface area contributed by atoms with Crippen LogP contribution in [-0.4, -0.2) is 31.5 Å². The highest BCUT2D eigenvalue weighted by molar-refractivity contribution is 7.21. The van der Waals surface area contributed by atoms with Crippen molar-refractivity contribution in [2.24, 2.45) is 4.99 Å². The Labute approximate surface area is 165 Å². The monoisotopic (exact) mass is 391 g/mol. The molecule has 0 amide bonds. The van der Waals surface area contributed by atoms with Crippen molar-refractivity contribution in [3.63, 3.8) is 0 Å². The third-order valence-electron chi connectivity index (χ3n) is 4.38. The molecular weight excluding hydrogens is 374 g/mol. The summed E-state index contributed by atoms with van der Waals surface area (Å²) >= 11 is 1.49. The van der Waals surface area contributed by atoms with E-state index in [0.29, 0.717) is 33.1 Å². The van der Waals surface area contributed by atoms with E-state index in [1.54, 1.807) is 25.1 Å². The Bertz CT molecular complexity index is 1170. The van der Waals surface area contributed by atoms with Crippen molar-refractivity contribution in [1.82, 2.24) is 9.97 Å². The molecule has 3 N–H and O–H groups in total. The molecule has 0 saturated heterocycles. The summed E-state index contributed by atoms with van der Waals surface area (Å²) in [6, 6.07) is 12.8. The molecule has 0 fully saturated rings. The van der Waals surface area contributed by atoms with Crippen molar-refractivity contribution < 1.29 is 15.3 Å². The molecule has 28 heavy (non-hydrogen) atoms.